The van der Waals surface area contributed by atoms with E-state index in [4.69, 9.17) is 21.0 Å². The summed E-state index contributed by atoms with van der Waals surface area (Å²) in [5, 5.41) is 20.9. The molecule has 1 heterocycles. The van der Waals surface area contributed by atoms with Crippen molar-refractivity contribution in [2.45, 2.75) is 19.8 Å². The Morgan fingerprint density at radius 2 is 1.88 bits per heavy atom. The molecule has 0 bridgehead atoms. The van der Waals surface area contributed by atoms with Crippen LogP contribution in [0, 0.1) is 29.6 Å². The molecule has 0 saturated carbocycles. The molecule has 134 valence electrons. The number of nitrogens with one attached hydrogen (secondary N) is 1. The molecular weight excluding hydrogens is 330 g/mol. The fourth-order valence-electron chi connectivity index (χ4n) is 2.48. The number of nitriles is 2. The van der Waals surface area contributed by atoms with Crippen LogP contribution in [0.25, 0.3) is 0 Å². The molecule has 0 fully saturated rings. The summed E-state index contributed by atoms with van der Waals surface area (Å²) in [5.74, 6) is 1.61. The van der Waals surface area contributed by atoms with Gasteiger partial charge in [0.25, 0.3) is 0 Å². The van der Waals surface area contributed by atoms with E-state index in [0.717, 1.165) is 11.3 Å². The third-order valence-electron chi connectivity index (χ3n) is 3.76. The highest BCUT2D eigenvalue weighted by atomic mass is 16.5. The molecule has 0 aliphatic carbocycles. The summed E-state index contributed by atoms with van der Waals surface area (Å²) in [6.07, 6.45) is 2.02. The second-order valence-corrected chi connectivity index (χ2v) is 5.59. The van der Waals surface area contributed by atoms with Crippen molar-refractivity contribution in [1.29, 1.82) is 10.5 Å². The van der Waals surface area contributed by atoms with E-state index in [0.29, 0.717) is 49.0 Å². The van der Waals surface area contributed by atoms with E-state index in [1.165, 1.54) is 6.33 Å². The first-order valence-electron chi connectivity index (χ1n) is 8.11. The van der Waals surface area contributed by atoms with Crippen molar-refractivity contribution < 1.29 is 4.74 Å². The van der Waals surface area contributed by atoms with Crippen molar-refractivity contribution in [3.63, 3.8) is 0 Å². The maximum absolute atomic E-state index is 8.86. The quantitative estimate of drug-likeness (QED) is 0.744. The number of aryl methyl sites for hydroxylation is 1. The maximum Gasteiger partial charge on any atom is 0.159 e. The summed E-state index contributed by atoms with van der Waals surface area (Å²) >= 11 is 0. The lowest BCUT2D eigenvalue weighted by Crippen LogP contribution is -2.27. The molecule has 1 aromatic carbocycles. The molecule has 1 aromatic heterocycles. The summed E-state index contributed by atoms with van der Waals surface area (Å²) in [6.45, 7) is 2.85. The van der Waals surface area contributed by atoms with Gasteiger partial charge in [0, 0.05) is 13.1 Å². The van der Waals surface area contributed by atoms with Crippen molar-refractivity contribution in [2.75, 3.05) is 36.1 Å². The average Bonchev–Trinajstić information content (AvgIpc) is 2.64. The second kappa shape index (κ2) is 9.09. The van der Waals surface area contributed by atoms with E-state index in [-0.39, 0.29) is 0 Å². The van der Waals surface area contributed by atoms with Crippen LogP contribution in [0.4, 0.5) is 23.0 Å². The Labute approximate surface area is 152 Å². The Hall–Kier alpha value is -3.52. The van der Waals surface area contributed by atoms with E-state index >= 15 is 0 Å². The van der Waals surface area contributed by atoms with Gasteiger partial charge >= 0.3 is 0 Å². The summed E-state index contributed by atoms with van der Waals surface area (Å²) in [7, 11) is 1.59. The molecular formula is C18H21N7O. The number of nitrogens with zero attached hydrogens (tertiary/aromatic N) is 5. The molecule has 0 atom stereocenters. The number of methoxy groups -OCH3 is 1. The first kappa shape index (κ1) is 18.8. The Balaban J connectivity index is 2.35. The first-order chi connectivity index (χ1) is 12.6. The SMILES string of the molecule is COc1ccc(C)cc1Nc1ncnc(N(CCC#N)CCC#N)c1N. The molecule has 0 unspecified atom stereocenters. The predicted molar refractivity (Wildman–Crippen MR) is 100 cm³/mol. The minimum absolute atomic E-state index is 0.309. The average molecular weight is 351 g/mol. The van der Waals surface area contributed by atoms with Crippen LogP contribution < -0.4 is 20.7 Å². The zero-order chi connectivity index (χ0) is 18.9. The number of benzene rings is 1. The standard InChI is InChI=1S/C18H21N7O/c1-13-5-6-15(26-2)14(11-13)24-17-16(21)18(23-12-22-17)25(9-3-7-19)10-4-8-20/h5-6,11-12H,3-4,9-10,21H2,1-2H3,(H,22,23,24). The Bertz CT molecular complexity index is 820. The summed E-state index contributed by atoms with van der Waals surface area (Å²) in [4.78, 5) is 10.3. The summed E-state index contributed by atoms with van der Waals surface area (Å²) in [6, 6.07) is 9.94. The minimum atomic E-state index is 0.309. The molecule has 0 amide bonds. The van der Waals surface area contributed by atoms with Crippen molar-refractivity contribution in [3.05, 3.63) is 30.1 Å². The smallest absolute Gasteiger partial charge is 0.159 e. The van der Waals surface area contributed by atoms with Gasteiger partial charge in [0.2, 0.25) is 0 Å². The lowest BCUT2D eigenvalue weighted by Gasteiger charge is -2.23. The molecule has 8 nitrogen and oxygen atoms in total. The van der Waals surface area contributed by atoms with Crippen molar-refractivity contribution >= 4 is 23.0 Å². The van der Waals surface area contributed by atoms with Gasteiger partial charge in [-0.1, -0.05) is 6.07 Å². The van der Waals surface area contributed by atoms with Crippen LogP contribution in [-0.2, 0) is 0 Å². The molecule has 0 radical (unpaired) electrons. The van der Waals surface area contributed by atoms with Crippen LogP contribution >= 0.6 is 0 Å². The Morgan fingerprint density at radius 3 is 2.50 bits per heavy atom. The van der Waals surface area contributed by atoms with Crippen LogP contribution in [0.5, 0.6) is 5.75 Å². The highest BCUT2D eigenvalue weighted by Gasteiger charge is 2.16. The summed E-state index contributed by atoms with van der Waals surface area (Å²) < 4.78 is 5.37. The monoisotopic (exact) mass is 351 g/mol. The highest BCUT2D eigenvalue weighted by molar-refractivity contribution is 5.79. The minimum Gasteiger partial charge on any atom is -0.495 e. The van der Waals surface area contributed by atoms with Crippen LogP contribution in [0.15, 0.2) is 24.5 Å². The van der Waals surface area contributed by atoms with Gasteiger partial charge in [-0.2, -0.15) is 10.5 Å². The number of anilines is 4. The lowest BCUT2D eigenvalue weighted by atomic mass is 10.2. The third kappa shape index (κ3) is 4.52. The van der Waals surface area contributed by atoms with Crippen LogP contribution in [0.3, 0.4) is 0 Å². The molecule has 0 saturated heterocycles. The number of nitrogen functional groups attached to an aromatic ring is 1. The van der Waals surface area contributed by atoms with E-state index in [9.17, 15) is 0 Å². The third-order valence-corrected chi connectivity index (χ3v) is 3.76. The zero-order valence-electron chi connectivity index (χ0n) is 14.9. The number of nitrogens with two attached hydrogens (primary N) is 1. The van der Waals surface area contributed by atoms with Gasteiger partial charge in [0.1, 0.15) is 17.8 Å². The number of hydrogen-bond donors (Lipinski definition) is 2. The summed E-state index contributed by atoms with van der Waals surface area (Å²) in [5.41, 5.74) is 8.42. The maximum atomic E-state index is 8.86. The number of aromatic nitrogens is 2. The van der Waals surface area contributed by atoms with Crippen molar-refractivity contribution in [1.82, 2.24) is 9.97 Å². The van der Waals surface area contributed by atoms with Crippen LogP contribution in [-0.4, -0.2) is 30.2 Å². The molecule has 0 aliphatic rings. The van der Waals surface area contributed by atoms with Gasteiger partial charge in [-0.25, -0.2) is 9.97 Å². The van der Waals surface area contributed by atoms with Gasteiger partial charge in [-0.15, -0.1) is 0 Å². The fourth-order valence-corrected chi connectivity index (χ4v) is 2.48. The Morgan fingerprint density at radius 1 is 1.19 bits per heavy atom. The first-order valence-corrected chi connectivity index (χ1v) is 8.11. The van der Waals surface area contributed by atoms with Gasteiger partial charge in [0.05, 0.1) is 37.8 Å². The number of rotatable bonds is 8. The van der Waals surface area contributed by atoms with Crippen molar-refractivity contribution in [3.8, 4) is 17.9 Å². The molecule has 0 aliphatic heterocycles. The molecule has 0 spiro atoms. The normalized spacial score (nSPS) is 9.85. The molecule has 8 heteroatoms. The molecule has 2 aromatic rings. The van der Waals surface area contributed by atoms with Crippen LogP contribution in [0.1, 0.15) is 18.4 Å². The number of ether oxygens (including phenoxy) is 1. The van der Waals surface area contributed by atoms with E-state index in [1.54, 1.807) is 7.11 Å². The lowest BCUT2D eigenvalue weighted by molar-refractivity contribution is 0.416. The van der Waals surface area contributed by atoms with Gasteiger partial charge in [-0.3, -0.25) is 0 Å². The topological polar surface area (TPSA) is 124 Å². The van der Waals surface area contributed by atoms with Gasteiger partial charge < -0.3 is 20.7 Å². The van der Waals surface area contributed by atoms with Crippen LogP contribution in [0.2, 0.25) is 0 Å². The molecule has 2 rings (SSSR count). The molecule has 3 N–H and O–H groups in total. The fraction of sp³-hybridized carbons (Fsp3) is 0.333. The van der Waals surface area contributed by atoms with Crippen molar-refractivity contribution in [2.24, 2.45) is 0 Å². The van der Waals surface area contributed by atoms with Gasteiger partial charge in [-0.05, 0) is 24.6 Å². The number of hydrogen-bond acceptors (Lipinski definition) is 8. The van der Waals surface area contributed by atoms with E-state index in [2.05, 4.69) is 27.4 Å². The zero-order valence-corrected chi connectivity index (χ0v) is 14.9. The predicted octanol–water partition coefficient (Wildman–Crippen LogP) is 2.75. The van der Waals surface area contributed by atoms with E-state index < -0.39 is 0 Å². The highest BCUT2D eigenvalue weighted by Crippen LogP contribution is 2.33. The van der Waals surface area contributed by atoms with E-state index in [1.807, 2.05) is 30.0 Å². The largest absolute Gasteiger partial charge is 0.495 e. The second-order valence-electron chi connectivity index (χ2n) is 5.59. The van der Waals surface area contributed by atoms with Gasteiger partial charge in [0.15, 0.2) is 11.6 Å². The Kier molecular flexibility index (Phi) is 6.58. The molecule has 26 heavy (non-hydrogen) atoms.